The maximum absolute atomic E-state index is 10.5. The molecule has 0 saturated heterocycles. The molecule has 3 N–H and O–H groups in total. The minimum absolute atomic E-state index is 0.112. The highest BCUT2D eigenvalue weighted by molar-refractivity contribution is 14.1. The molecule has 1 rings (SSSR count). The van der Waals surface area contributed by atoms with Gasteiger partial charge in [0.1, 0.15) is 0 Å². The maximum atomic E-state index is 10.5. The highest BCUT2D eigenvalue weighted by Gasteiger charge is 2.16. The van der Waals surface area contributed by atoms with Crippen LogP contribution in [0.2, 0.25) is 0 Å². The van der Waals surface area contributed by atoms with Crippen molar-refractivity contribution in [2.45, 2.75) is 39.7 Å². The highest BCUT2D eigenvalue weighted by atomic mass is 127. The van der Waals surface area contributed by atoms with Crippen molar-refractivity contribution in [2.24, 2.45) is 5.92 Å². The van der Waals surface area contributed by atoms with E-state index in [-0.39, 0.29) is 18.3 Å². The molecule has 0 aliphatic rings. The molecule has 26 heavy (non-hydrogen) atoms. The third kappa shape index (κ3) is 6.45. The summed E-state index contributed by atoms with van der Waals surface area (Å²) in [4.78, 5) is 0. The van der Waals surface area contributed by atoms with Gasteiger partial charge >= 0.3 is 0 Å². The Hall–Kier alpha value is -1.31. The van der Waals surface area contributed by atoms with Gasteiger partial charge in [-0.15, -0.1) is 0 Å². The summed E-state index contributed by atoms with van der Waals surface area (Å²) >= 11 is 2.07. The Morgan fingerprint density at radius 2 is 2.00 bits per heavy atom. The second-order valence-corrected chi connectivity index (χ2v) is 7.78. The van der Waals surface area contributed by atoms with Crippen molar-refractivity contribution in [3.63, 3.8) is 0 Å². The minimum Gasteiger partial charge on any atom is -0.504 e. The molecule has 5 heteroatoms. The highest BCUT2D eigenvalue weighted by Crippen LogP contribution is 2.33. The number of hydrogen-bond acceptors (Lipinski definition) is 4. The minimum atomic E-state index is -0.658. The van der Waals surface area contributed by atoms with Crippen LogP contribution in [0, 0.1) is 9.49 Å². The summed E-state index contributed by atoms with van der Waals surface area (Å²) in [6, 6.07) is 3.67. The predicted octanol–water partition coefficient (Wildman–Crippen LogP) is 4.68. The molecule has 144 valence electrons. The molecule has 0 fully saturated rings. The van der Waals surface area contributed by atoms with Gasteiger partial charge in [-0.1, -0.05) is 38.2 Å². The summed E-state index contributed by atoms with van der Waals surface area (Å²) in [7, 11) is 1.53. The van der Waals surface area contributed by atoms with Crippen molar-refractivity contribution in [1.29, 1.82) is 0 Å². The number of allylic oxidation sites excluding steroid dienone is 1. The molecule has 0 aromatic heterocycles. The Bertz CT molecular complexity index is 689. The third-order valence-electron chi connectivity index (χ3n) is 4.23. The molecular formula is C21H29IO4. The quantitative estimate of drug-likeness (QED) is 0.361. The molecular weight excluding hydrogens is 443 g/mol. The average Bonchev–Trinajstić information content (AvgIpc) is 2.59. The average molecular weight is 472 g/mol. The normalized spacial score (nSPS) is 13.8. The molecule has 0 aliphatic carbocycles. The number of aliphatic hydroxyl groups is 2. The monoisotopic (exact) mass is 472 g/mol. The second-order valence-electron chi connectivity index (χ2n) is 6.62. The fourth-order valence-electron chi connectivity index (χ4n) is 2.62. The lowest BCUT2D eigenvalue weighted by Crippen LogP contribution is -2.15. The second kappa shape index (κ2) is 10.7. The summed E-state index contributed by atoms with van der Waals surface area (Å²) in [5.74, 6) is 0.798. The van der Waals surface area contributed by atoms with Crippen LogP contribution < -0.4 is 4.74 Å². The third-order valence-corrected chi connectivity index (χ3v) is 5.06. The molecule has 4 nitrogen and oxygen atoms in total. The van der Waals surface area contributed by atoms with Crippen LogP contribution in [0.15, 0.2) is 41.5 Å². The topological polar surface area (TPSA) is 69.9 Å². The van der Waals surface area contributed by atoms with Gasteiger partial charge in [-0.05, 0) is 77.1 Å². The summed E-state index contributed by atoms with van der Waals surface area (Å²) in [6.07, 6.45) is 4.25. The van der Waals surface area contributed by atoms with E-state index in [1.807, 2.05) is 32.9 Å². The van der Waals surface area contributed by atoms with E-state index in [0.717, 1.165) is 25.9 Å². The summed E-state index contributed by atoms with van der Waals surface area (Å²) in [5, 5.41) is 29.6. The molecule has 0 saturated carbocycles. The number of benzene rings is 1. The van der Waals surface area contributed by atoms with Crippen molar-refractivity contribution in [3.8, 4) is 11.5 Å². The van der Waals surface area contributed by atoms with Gasteiger partial charge in [0, 0.05) is 0 Å². The van der Waals surface area contributed by atoms with Crippen LogP contribution in [0.4, 0.5) is 0 Å². The van der Waals surface area contributed by atoms with Gasteiger partial charge in [0.05, 0.1) is 23.4 Å². The number of methoxy groups -OCH3 is 1. The van der Waals surface area contributed by atoms with E-state index in [4.69, 9.17) is 4.74 Å². The molecule has 0 aliphatic heterocycles. The van der Waals surface area contributed by atoms with Crippen molar-refractivity contribution in [3.05, 3.63) is 50.6 Å². The van der Waals surface area contributed by atoms with Gasteiger partial charge in [0.25, 0.3) is 0 Å². The molecule has 0 radical (unpaired) electrons. The standard InChI is InChI=1S/C21H29IO4/c1-13(2)15(4)17(8-9-23)19(24)7-6-14(3)10-16-11-18(22)21(25)20(12-16)26-5/h8,10-13,19,23-25H,4,6-7,9H2,1-3,5H3/b14-10+,17-8-. The molecule has 1 unspecified atom stereocenters. The first-order valence-electron chi connectivity index (χ1n) is 8.63. The van der Waals surface area contributed by atoms with Crippen LogP contribution in [0.5, 0.6) is 11.5 Å². The number of rotatable bonds is 9. The van der Waals surface area contributed by atoms with E-state index < -0.39 is 6.10 Å². The number of aromatic hydroxyl groups is 1. The fraction of sp³-hybridized carbons (Fsp3) is 0.429. The summed E-state index contributed by atoms with van der Waals surface area (Å²) in [5.41, 5.74) is 3.61. The van der Waals surface area contributed by atoms with E-state index in [1.54, 1.807) is 12.1 Å². The molecule has 0 heterocycles. The number of ether oxygens (including phenoxy) is 1. The lowest BCUT2D eigenvalue weighted by atomic mass is 9.90. The van der Waals surface area contributed by atoms with E-state index in [2.05, 4.69) is 29.2 Å². The Morgan fingerprint density at radius 3 is 2.54 bits per heavy atom. The van der Waals surface area contributed by atoms with Gasteiger partial charge in [-0.2, -0.15) is 0 Å². The first kappa shape index (κ1) is 22.7. The van der Waals surface area contributed by atoms with Crippen molar-refractivity contribution in [2.75, 3.05) is 13.7 Å². The van der Waals surface area contributed by atoms with Crippen molar-refractivity contribution >= 4 is 28.7 Å². The number of hydrogen-bond donors (Lipinski definition) is 3. The van der Waals surface area contributed by atoms with Gasteiger partial charge in [0.2, 0.25) is 0 Å². The SMILES string of the molecule is C=C(/C(=C/CO)C(O)CC/C(C)=C/c1cc(I)c(O)c(OC)c1)C(C)C. The van der Waals surface area contributed by atoms with Crippen LogP contribution in [0.3, 0.4) is 0 Å². The van der Waals surface area contributed by atoms with E-state index in [1.165, 1.54) is 7.11 Å². The van der Waals surface area contributed by atoms with Gasteiger partial charge in [-0.25, -0.2) is 0 Å². The number of phenolic OH excluding ortho intramolecular Hbond substituents is 1. The Morgan fingerprint density at radius 1 is 1.35 bits per heavy atom. The smallest absolute Gasteiger partial charge is 0.171 e. The van der Waals surface area contributed by atoms with Gasteiger partial charge in [0.15, 0.2) is 11.5 Å². The van der Waals surface area contributed by atoms with Crippen LogP contribution in [0.25, 0.3) is 6.08 Å². The summed E-state index contributed by atoms with van der Waals surface area (Å²) in [6.45, 7) is 9.97. The molecule has 0 amide bonds. The lowest BCUT2D eigenvalue weighted by molar-refractivity contribution is 0.199. The fourth-order valence-corrected chi connectivity index (χ4v) is 3.25. The maximum Gasteiger partial charge on any atom is 0.171 e. The largest absolute Gasteiger partial charge is 0.504 e. The molecule has 1 aromatic rings. The molecule has 1 atom stereocenters. The number of halogens is 1. The van der Waals surface area contributed by atoms with Gasteiger partial charge in [-0.3, -0.25) is 0 Å². The zero-order chi connectivity index (χ0) is 19.9. The number of phenols is 1. The predicted molar refractivity (Wildman–Crippen MR) is 115 cm³/mol. The van der Waals surface area contributed by atoms with Crippen LogP contribution >= 0.6 is 22.6 Å². The molecule has 1 aromatic carbocycles. The van der Waals surface area contributed by atoms with E-state index >= 15 is 0 Å². The first-order valence-corrected chi connectivity index (χ1v) is 9.70. The molecule has 0 bridgehead atoms. The van der Waals surface area contributed by atoms with Crippen molar-refractivity contribution in [1.82, 2.24) is 0 Å². The summed E-state index contributed by atoms with van der Waals surface area (Å²) < 4.78 is 5.91. The Kier molecular flexibility index (Phi) is 9.39. The Labute approximate surface area is 170 Å². The lowest BCUT2D eigenvalue weighted by Gasteiger charge is -2.20. The zero-order valence-corrected chi connectivity index (χ0v) is 18.1. The van der Waals surface area contributed by atoms with Crippen LogP contribution in [-0.2, 0) is 0 Å². The zero-order valence-electron chi connectivity index (χ0n) is 15.9. The van der Waals surface area contributed by atoms with Crippen LogP contribution in [0.1, 0.15) is 39.2 Å². The van der Waals surface area contributed by atoms with Crippen LogP contribution in [-0.4, -0.2) is 35.1 Å². The van der Waals surface area contributed by atoms with Gasteiger partial charge < -0.3 is 20.1 Å². The first-order chi connectivity index (χ1) is 12.2. The Balaban J connectivity index is 2.86. The number of aliphatic hydroxyl groups excluding tert-OH is 2. The van der Waals surface area contributed by atoms with E-state index in [9.17, 15) is 15.3 Å². The van der Waals surface area contributed by atoms with E-state index in [0.29, 0.717) is 18.6 Å². The molecule has 0 spiro atoms. The van der Waals surface area contributed by atoms with Crippen molar-refractivity contribution < 1.29 is 20.1 Å².